The van der Waals surface area contributed by atoms with Crippen molar-refractivity contribution in [3.8, 4) is 6.07 Å². The predicted molar refractivity (Wildman–Crippen MR) is 82.1 cm³/mol. The van der Waals surface area contributed by atoms with Crippen LogP contribution in [0, 0.1) is 11.3 Å². The van der Waals surface area contributed by atoms with Crippen molar-refractivity contribution in [2.75, 3.05) is 5.32 Å². The van der Waals surface area contributed by atoms with Gasteiger partial charge in [-0.25, -0.2) is 4.79 Å². The third kappa shape index (κ3) is 3.58. The van der Waals surface area contributed by atoms with Gasteiger partial charge in [0.1, 0.15) is 11.6 Å². The van der Waals surface area contributed by atoms with Crippen LogP contribution in [-0.4, -0.2) is 17.0 Å². The van der Waals surface area contributed by atoms with Gasteiger partial charge in [-0.3, -0.25) is 4.79 Å². The van der Waals surface area contributed by atoms with Gasteiger partial charge in [-0.15, -0.1) is 0 Å². The molecule has 2 N–H and O–H groups in total. The number of nitriles is 1. The van der Waals surface area contributed by atoms with E-state index < -0.39 is 11.9 Å². The molecule has 0 aliphatic heterocycles. The van der Waals surface area contributed by atoms with Gasteiger partial charge in [0.2, 0.25) is 0 Å². The number of para-hydroxylation sites is 1. The molecule has 0 aromatic heterocycles. The van der Waals surface area contributed by atoms with Gasteiger partial charge in [0, 0.05) is 5.69 Å². The van der Waals surface area contributed by atoms with E-state index in [4.69, 9.17) is 10.4 Å². The predicted octanol–water partition coefficient (Wildman–Crippen LogP) is 2.93. The average molecular weight is 292 g/mol. The van der Waals surface area contributed by atoms with Crippen molar-refractivity contribution in [3.05, 3.63) is 71.3 Å². The third-order valence-electron chi connectivity index (χ3n) is 2.89. The third-order valence-corrected chi connectivity index (χ3v) is 2.89. The summed E-state index contributed by atoms with van der Waals surface area (Å²) in [6.45, 7) is 0. The number of aromatic carboxylic acids is 1. The fourth-order valence-electron chi connectivity index (χ4n) is 1.84. The summed E-state index contributed by atoms with van der Waals surface area (Å²) in [4.78, 5) is 23.2. The number of amides is 1. The average Bonchev–Trinajstić information content (AvgIpc) is 2.53. The van der Waals surface area contributed by atoms with Gasteiger partial charge in [-0.05, 0) is 29.8 Å². The molecule has 2 aromatic carbocycles. The quantitative estimate of drug-likeness (QED) is 0.669. The molecule has 2 rings (SSSR count). The number of carbonyl (C=O) groups is 2. The summed E-state index contributed by atoms with van der Waals surface area (Å²) in [5.41, 5.74) is 0.718. The molecule has 108 valence electrons. The van der Waals surface area contributed by atoms with Crippen molar-refractivity contribution < 1.29 is 14.7 Å². The molecule has 0 fully saturated rings. The van der Waals surface area contributed by atoms with Crippen LogP contribution in [0.3, 0.4) is 0 Å². The van der Waals surface area contributed by atoms with E-state index in [0.29, 0.717) is 11.3 Å². The lowest BCUT2D eigenvalue weighted by Crippen LogP contribution is -2.13. The highest BCUT2D eigenvalue weighted by Crippen LogP contribution is 2.15. The SMILES string of the molecule is N#C/C(=C/c1ccccc1C(=O)O)C(=O)Nc1ccccc1. The molecule has 0 saturated carbocycles. The van der Waals surface area contributed by atoms with E-state index in [1.165, 1.54) is 18.2 Å². The first-order valence-electron chi connectivity index (χ1n) is 6.42. The number of rotatable bonds is 4. The zero-order valence-corrected chi connectivity index (χ0v) is 11.5. The van der Waals surface area contributed by atoms with E-state index in [1.54, 1.807) is 48.5 Å². The lowest BCUT2D eigenvalue weighted by atomic mass is 10.0. The number of carbonyl (C=O) groups excluding carboxylic acids is 1. The van der Waals surface area contributed by atoms with Crippen LogP contribution >= 0.6 is 0 Å². The Labute approximate surface area is 127 Å². The summed E-state index contributed by atoms with van der Waals surface area (Å²) in [5.74, 6) is -1.71. The van der Waals surface area contributed by atoms with Crippen molar-refractivity contribution in [1.29, 1.82) is 5.26 Å². The number of carboxylic acids is 1. The fraction of sp³-hybridized carbons (Fsp3) is 0. The number of benzene rings is 2. The van der Waals surface area contributed by atoms with Crippen molar-refractivity contribution in [3.63, 3.8) is 0 Å². The maximum Gasteiger partial charge on any atom is 0.336 e. The van der Waals surface area contributed by atoms with Crippen molar-refractivity contribution >= 4 is 23.6 Å². The van der Waals surface area contributed by atoms with Crippen molar-refractivity contribution in [2.24, 2.45) is 0 Å². The van der Waals surface area contributed by atoms with E-state index >= 15 is 0 Å². The highest BCUT2D eigenvalue weighted by molar-refractivity contribution is 6.10. The second-order valence-electron chi connectivity index (χ2n) is 4.38. The number of hydrogen-bond donors (Lipinski definition) is 2. The van der Waals surface area contributed by atoms with Gasteiger partial charge in [-0.2, -0.15) is 5.26 Å². The first-order chi connectivity index (χ1) is 10.6. The molecule has 0 spiro atoms. The molecule has 0 atom stereocenters. The topological polar surface area (TPSA) is 90.2 Å². The molecule has 0 unspecified atom stereocenters. The van der Waals surface area contributed by atoms with Gasteiger partial charge < -0.3 is 10.4 Å². The van der Waals surface area contributed by atoms with Crippen molar-refractivity contribution in [1.82, 2.24) is 0 Å². The number of nitrogens with zero attached hydrogens (tertiary/aromatic N) is 1. The largest absolute Gasteiger partial charge is 0.478 e. The standard InChI is InChI=1S/C17H12N2O3/c18-11-13(16(20)19-14-7-2-1-3-8-14)10-12-6-4-5-9-15(12)17(21)22/h1-10H,(H,19,20)(H,21,22)/b13-10-. The zero-order chi connectivity index (χ0) is 15.9. The Bertz CT molecular complexity index is 774. The second-order valence-corrected chi connectivity index (χ2v) is 4.38. The molecule has 22 heavy (non-hydrogen) atoms. The van der Waals surface area contributed by atoms with Gasteiger partial charge >= 0.3 is 5.97 Å². The lowest BCUT2D eigenvalue weighted by molar-refractivity contribution is -0.112. The Morgan fingerprint density at radius 1 is 1.05 bits per heavy atom. The Kier molecular flexibility index (Phi) is 4.68. The first-order valence-corrected chi connectivity index (χ1v) is 6.42. The summed E-state index contributed by atoms with van der Waals surface area (Å²) in [6.07, 6.45) is 1.27. The highest BCUT2D eigenvalue weighted by Gasteiger charge is 2.12. The second kappa shape index (κ2) is 6.86. The summed E-state index contributed by atoms with van der Waals surface area (Å²) in [6, 6.07) is 16.7. The lowest BCUT2D eigenvalue weighted by Gasteiger charge is -2.05. The first kappa shape index (κ1) is 15.0. The molecule has 0 heterocycles. The molecule has 1 amide bonds. The minimum absolute atomic E-state index is 0.0303. The summed E-state index contributed by atoms with van der Waals surface area (Å²) >= 11 is 0. The minimum atomic E-state index is -1.12. The van der Waals surface area contributed by atoms with Crippen LogP contribution < -0.4 is 5.32 Å². The van der Waals surface area contributed by atoms with E-state index in [-0.39, 0.29) is 11.1 Å². The molecular formula is C17H12N2O3. The van der Waals surface area contributed by atoms with Crippen LogP contribution in [-0.2, 0) is 4.79 Å². The van der Waals surface area contributed by atoms with Crippen LogP contribution in [0.25, 0.3) is 6.08 Å². The molecular weight excluding hydrogens is 280 g/mol. The Hall–Kier alpha value is -3.39. The number of hydrogen-bond acceptors (Lipinski definition) is 3. The molecule has 0 saturated heterocycles. The molecule has 5 heteroatoms. The van der Waals surface area contributed by atoms with E-state index in [1.807, 2.05) is 0 Å². The van der Waals surface area contributed by atoms with Crippen molar-refractivity contribution in [2.45, 2.75) is 0 Å². The van der Waals surface area contributed by atoms with Crippen LogP contribution in [0.15, 0.2) is 60.2 Å². The smallest absolute Gasteiger partial charge is 0.336 e. The normalized spacial score (nSPS) is 10.6. The zero-order valence-electron chi connectivity index (χ0n) is 11.5. The van der Waals surface area contributed by atoms with Gasteiger partial charge in [0.15, 0.2) is 0 Å². The highest BCUT2D eigenvalue weighted by atomic mass is 16.4. The van der Waals surface area contributed by atoms with Gasteiger partial charge in [0.25, 0.3) is 5.91 Å². The van der Waals surface area contributed by atoms with Gasteiger partial charge in [-0.1, -0.05) is 36.4 Å². The summed E-state index contributed by atoms with van der Waals surface area (Å²) in [5, 5.41) is 20.8. The minimum Gasteiger partial charge on any atom is -0.478 e. The van der Waals surface area contributed by atoms with Crippen LogP contribution in [0.1, 0.15) is 15.9 Å². The fourth-order valence-corrected chi connectivity index (χ4v) is 1.84. The van der Waals surface area contributed by atoms with Crippen LogP contribution in [0.5, 0.6) is 0 Å². The molecule has 0 bridgehead atoms. The van der Waals surface area contributed by atoms with Gasteiger partial charge in [0.05, 0.1) is 5.56 Å². The van der Waals surface area contributed by atoms with E-state index in [2.05, 4.69) is 5.32 Å². The summed E-state index contributed by atoms with van der Waals surface area (Å²) < 4.78 is 0. The number of nitrogens with one attached hydrogen (secondary N) is 1. The Balaban J connectivity index is 2.30. The van der Waals surface area contributed by atoms with Crippen LogP contribution in [0.4, 0.5) is 5.69 Å². The molecule has 5 nitrogen and oxygen atoms in total. The maximum absolute atomic E-state index is 12.1. The monoisotopic (exact) mass is 292 g/mol. The summed E-state index contributed by atoms with van der Waals surface area (Å²) in [7, 11) is 0. The molecule has 0 aliphatic rings. The molecule has 2 aromatic rings. The molecule has 0 radical (unpaired) electrons. The number of anilines is 1. The number of carboxylic acid groups (broad SMARTS) is 1. The Morgan fingerprint density at radius 2 is 1.68 bits per heavy atom. The molecule has 0 aliphatic carbocycles. The van der Waals surface area contributed by atoms with E-state index in [0.717, 1.165) is 0 Å². The van der Waals surface area contributed by atoms with E-state index in [9.17, 15) is 9.59 Å². The maximum atomic E-state index is 12.1. The Morgan fingerprint density at radius 3 is 2.32 bits per heavy atom. The van der Waals surface area contributed by atoms with Crippen LogP contribution in [0.2, 0.25) is 0 Å².